The molecule has 1 aromatic rings. The van der Waals surface area contributed by atoms with Gasteiger partial charge in [0.25, 0.3) is 6.43 Å². The van der Waals surface area contributed by atoms with Crippen LogP contribution in [0.4, 0.5) is 14.5 Å². The van der Waals surface area contributed by atoms with Gasteiger partial charge in [-0.3, -0.25) is 4.79 Å². The van der Waals surface area contributed by atoms with Gasteiger partial charge in [-0.05, 0) is 6.07 Å². The number of aliphatic carboxylic acids is 1. The predicted molar refractivity (Wildman–Crippen MR) is 49.7 cm³/mol. The molecule has 0 fully saturated rings. The number of nitrogen functional groups attached to an aromatic ring is 1. The van der Waals surface area contributed by atoms with Crippen LogP contribution in [0.15, 0.2) is 6.07 Å². The molecule has 0 aromatic carbocycles. The Morgan fingerprint density at radius 2 is 2.31 bits per heavy atom. The van der Waals surface area contributed by atoms with Crippen LogP contribution in [-0.4, -0.2) is 16.1 Å². The third kappa shape index (κ3) is 2.42. The number of rotatable bonds is 3. The van der Waals surface area contributed by atoms with Gasteiger partial charge in [0.15, 0.2) is 0 Å². The molecule has 0 aliphatic heterocycles. The van der Waals surface area contributed by atoms with E-state index < -0.39 is 24.5 Å². The van der Waals surface area contributed by atoms with Crippen molar-refractivity contribution in [3.05, 3.63) is 23.0 Å². The highest BCUT2D eigenvalue weighted by atomic mass is 19.3. The maximum absolute atomic E-state index is 12.5. The van der Waals surface area contributed by atoms with Crippen molar-refractivity contribution in [3.63, 3.8) is 0 Å². The summed E-state index contributed by atoms with van der Waals surface area (Å²) in [6, 6.07) is 2.54. The minimum Gasteiger partial charge on any atom is -0.481 e. The van der Waals surface area contributed by atoms with Crippen LogP contribution in [0.25, 0.3) is 0 Å². The lowest BCUT2D eigenvalue weighted by Crippen LogP contribution is -2.09. The normalized spacial score (nSPS) is 10.1. The summed E-state index contributed by atoms with van der Waals surface area (Å²) in [6.07, 6.45) is -3.50. The number of halogens is 2. The van der Waals surface area contributed by atoms with Crippen LogP contribution < -0.4 is 5.73 Å². The van der Waals surface area contributed by atoms with Crippen LogP contribution >= 0.6 is 0 Å². The van der Waals surface area contributed by atoms with Crippen LogP contribution in [0, 0.1) is 11.3 Å². The molecule has 16 heavy (non-hydrogen) atoms. The van der Waals surface area contributed by atoms with Crippen LogP contribution in [0.5, 0.6) is 0 Å². The predicted octanol–water partition coefficient (Wildman–Crippen LogP) is 1.10. The Kier molecular flexibility index (Phi) is 3.35. The number of aromatic nitrogens is 1. The number of hydrogen-bond acceptors (Lipinski definition) is 4. The van der Waals surface area contributed by atoms with Crippen molar-refractivity contribution >= 4 is 11.7 Å². The quantitative estimate of drug-likeness (QED) is 0.805. The number of nitriles is 1. The van der Waals surface area contributed by atoms with Crippen LogP contribution in [0.1, 0.15) is 23.4 Å². The van der Waals surface area contributed by atoms with Crippen molar-refractivity contribution in [2.75, 3.05) is 5.73 Å². The summed E-state index contributed by atoms with van der Waals surface area (Å²) < 4.78 is 24.9. The molecule has 0 spiro atoms. The van der Waals surface area contributed by atoms with Gasteiger partial charge in [-0.2, -0.15) is 5.26 Å². The van der Waals surface area contributed by atoms with Crippen LogP contribution in [0.3, 0.4) is 0 Å². The van der Waals surface area contributed by atoms with Gasteiger partial charge in [0.05, 0.1) is 23.4 Å². The number of carboxylic acids is 1. The second kappa shape index (κ2) is 4.53. The molecule has 5 nitrogen and oxygen atoms in total. The van der Waals surface area contributed by atoms with Crippen molar-refractivity contribution in [3.8, 4) is 6.07 Å². The number of alkyl halides is 2. The highest BCUT2D eigenvalue weighted by Gasteiger charge is 2.18. The number of carbonyl (C=O) groups is 1. The maximum atomic E-state index is 12.5. The fraction of sp³-hybridized carbons (Fsp3) is 0.222. The fourth-order valence-corrected chi connectivity index (χ4v) is 1.12. The SMILES string of the molecule is N#Cc1cc(N)c(CC(=O)O)nc1C(F)F. The lowest BCUT2D eigenvalue weighted by atomic mass is 10.1. The molecule has 0 radical (unpaired) electrons. The van der Waals surface area contributed by atoms with E-state index in [1.807, 2.05) is 0 Å². The molecule has 7 heteroatoms. The van der Waals surface area contributed by atoms with Crippen molar-refractivity contribution in [1.82, 2.24) is 4.98 Å². The van der Waals surface area contributed by atoms with E-state index in [4.69, 9.17) is 16.1 Å². The summed E-state index contributed by atoms with van der Waals surface area (Å²) in [5.41, 5.74) is 4.06. The summed E-state index contributed by atoms with van der Waals surface area (Å²) >= 11 is 0. The third-order valence-electron chi connectivity index (χ3n) is 1.81. The molecular weight excluding hydrogens is 220 g/mol. The molecule has 0 aliphatic rings. The standard InChI is InChI=1S/C9H7F2N3O2/c10-9(11)8-4(3-12)1-5(13)6(14-8)2-7(15)16/h1,9H,2,13H2,(H,15,16). The minimum absolute atomic E-state index is 0.0802. The third-order valence-corrected chi connectivity index (χ3v) is 1.81. The zero-order valence-electron chi connectivity index (χ0n) is 7.94. The highest BCUT2D eigenvalue weighted by molar-refractivity contribution is 5.72. The summed E-state index contributed by atoms with van der Waals surface area (Å²) in [5, 5.41) is 17.1. The number of anilines is 1. The van der Waals surface area contributed by atoms with Crippen molar-refractivity contribution in [1.29, 1.82) is 5.26 Å². The second-order valence-electron chi connectivity index (χ2n) is 2.94. The van der Waals surface area contributed by atoms with Gasteiger partial charge in [0.1, 0.15) is 11.8 Å². The first-order valence-electron chi connectivity index (χ1n) is 4.15. The number of nitrogens with zero attached hydrogens (tertiary/aromatic N) is 2. The van der Waals surface area contributed by atoms with E-state index >= 15 is 0 Å². The van der Waals surface area contributed by atoms with E-state index in [0.717, 1.165) is 6.07 Å². The highest BCUT2D eigenvalue weighted by Crippen LogP contribution is 2.24. The summed E-state index contributed by atoms with van der Waals surface area (Å²) in [7, 11) is 0. The molecule has 0 aliphatic carbocycles. The average Bonchev–Trinajstić information content (AvgIpc) is 2.19. The van der Waals surface area contributed by atoms with Gasteiger partial charge >= 0.3 is 5.97 Å². The Morgan fingerprint density at radius 1 is 1.69 bits per heavy atom. The van der Waals surface area contributed by atoms with Crippen molar-refractivity contribution in [2.24, 2.45) is 0 Å². The Bertz CT molecular complexity index is 469. The topological polar surface area (TPSA) is 100 Å². The van der Waals surface area contributed by atoms with Crippen LogP contribution in [0.2, 0.25) is 0 Å². The summed E-state index contributed by atoms with van der Waals surface area (Å²) in [4.78, 5) is 13.8. The molecule has 1 rings (SSSR count). The Hall–Kier alpha value is -2.23. The summed E-state index contributed by atoms with van der Waals surface area (Å²) in [5.74, 6) is -1.23. The smallest absolute Gasteiger partial charge is 0.309 e. The fourth-order valence-electron chi connectivity index (χ4n) is 1.12. The molecule has 0 saturated heterocycles. The van der Waals surface area contributed by atoms with Crippen molar-refractivity contribution < 1.29 is 18.7 Å². The van der Waals surface area contributed by atoms with Gasteiger partial charge < -0.3 is 10.8 Å². The zero-order valence-corrected chi connectivity index (χ0v) is 7.94. The lowest BCUT2D eigenvalue weighted by molar-refractivity contribution is -0.136. The molecule has 0 amide bonds. The monoisotopic (exact) mass is 227 g/mol. The molecule has 1 heterocycles. The average molecular weight is 227 g/mol. The van der Waals surface area contributed by atoms with E-state index in [9.17, 15) is 13.6 Å². The molecule has 0 atom stereocenters. The lowest BCUT2D eigenvalue weighted by Gasteiger charge is -2.07. The minimum atomic E-state index is -2.94. The number of pyridine rings is 1. The Labute approximate surface area is 89.1 Å². The second-order valence-corrected chi connectivity index (χ2v) is 2.94. The maximum Gasteiger partial charge on any atom is 0.309 e. The van der Waals surface area contributed by atoms with Crippen molar-refractivity contribution in [2.45, 2.75) is 12.8 Å². The largest absolute Gasteiger partial charge is 0.481 e. The van der Waals surface area contributed by atoms with E-state index in [1.165, 1.54) is 6.07 Å². The molecular formula is C9H7F2N3O2. The van der Waals surface area contributed by atoms with E-state index in [2.05, 4.69) is 4.98 Å². The molecule has 84 valence electrons. The zero-order chi connectivity index (χ0) is 12.3. The summed E-state index contributed by atoms with van der Waals surface area (Å²) in [6.45, 7) is 0. The van der Waals surface area contributed by atoms with Gasteiger partial charge in [-0.15, -0.1) is 0 Å². The number of carboxylic acid groups (broad SMARTS) is 1. The molecule has 0 saturated carbocycles. The first kappa shape index (κ1) is 11.8. The molecule has 0 unspecified atom stereocenters. The first-order chi connectivity index (χ1) is 7.45. The van der Waals surface area contributed by atoms with E-state index in [0.29, 0.717) is 0 Å². The van der Waals surface area contributed by atoms with E-state index in [1.54, 1.807) is 0 Å². The molecule has 0 bridgehead atoms. The number of nitrogens with two attached hydrogens (primary N) is 1. The van der Waals surface area contributed by atoms with Gasteiger partial charge in [0, 0.05) is 0 Å². The Balaban J connectivity index is 3.28. The van der Waals surface area contributed by atoms with E-state index in [-0.39, 0.29) is 16.9 Å². The molecule has 1 aromatic heterocycles. The molecule has 3 N–H and O–H groups in total. The van der Waals surface area contributed by atoms with Gasteiger partial charge in [0.2, 0.25) is 0 Å². The Morgan fingerprint density at radius 3 is 2.75 bits per heavy atom. The first-order valence-corrected chi connectivity index (χ1v) is 4.15. The van der Waals surface area contributed by atoms with Crippen LogP contribution in [-0.2, 0) is 11.2 Å². The van der Waals surface area contributed by atoms with Gasteiger partial charge in [-0.25, -0.2) is 13.8 Å². The number of hydrogen-bond donors (Lipinski definition) is 2. The van der Waals surface area contributed by atoms with Gasteiger partial charge in [-0.1, -0.05) is 0 Å².